The van der Waals surface area contributed by atoms with Crippen molar-refractivity contribution < 1.29 is 9.59 Å². The molecular weight excluding hydrogens is 286 g/mol. The zero-order valence-electron chi connectivity index (χ0n) is 11.9. The van der Waals surface area contributed by atoms with E-state index < -0.39 is 0 Å². The van der Waals surface area contributed by atoms with E-state index in [0.717, 1.165) is 10.4 Å². The number of amides is 2. The molecule has 2 aromatic rings. The van der Waals surface area contributed by atoms with Crippen LogP contribution in [0.3, 0.4) is 0 Å². The Morgan fingerprint density at radius 1 is 1.33 bits per heavy atom. The number of carbonyl (C=O) groups is 2. The summed E-state index contributed by atoms with van der Waals surface area (Å²) >= 11 is 1.51. The summed E-state index contributed by atoms with van der Waals surface area (Å²) in [4.78, 5) is 28.5. The fourth-order valence-corrected chi connectivity index (χ4v) is 2.66. The molecule has 5 nitrogen and oxygen atoms in total. The van der Waals surface area contributed by atoms with E-state index in [1.165, 1.54) is 18.3 Å². The van der Waals surface area contributed by atoms with E-state index in [9.17, 15) is 9.59 Å². The number of hydrogen-bond donors (Lipinski definition) is 2. The first-order valence-electron chi connectivity index (χ1n) is 6.57. The maximum absolute atomic E-state index is 12.1. The Balaban J connectivity index is 2.01. The monoisotopic (exact) mass is 303 g/mol. The van der Waals surface area contributed by atoms with Gasteiger partial charge in [0.05, 0.1) is 12.5 Å². The number of carbonyl (C=O) groups excluding carboxylic acids is 2. The Hall–Kier alpha value is -2.21. The maximum atomic E-state index is 12.1. The number of rotatable bonds is 5. The number of nitrogens with one attached hydrogen (secondary N) is 2. The molecule has 0 spiro atoms. The molecule has 2 rings (SSSR count). The van der Waals surface area contributed by atoms with E-state index in [1.807, 2.05) is 30.5 Å². The Labute approximate surface area is 127 Å². The van der Waals surface area contributed by atoms with Gasteiger partial charge < -0.3 is 10.6 Å². The molecule has 0 radical (unpaired) electrons. The fraction of sp³-hybridized carbons (Fsp3) is 0.267. The Morgan fingerprint density at radius 2 is 2.14 bits per heavy atom. The van der Waals surface area contributed by atoms with E-state index in [0.29, 0.717) is 5.82 Å². The van der Waals surface area contributed by atoms with Gasteiger partial charge in [0.1, 0.15) is 5.82 Å². The maximum Gasteiger partial charge on any atom is 0.227 e. The highest BCUT2D eigenvalue weighted by molar-refractivity contribution is 7.10. The van der Waals surface area contributed by atoms with E-state index >= 15 is 0 Å². The topological polar surface area (TPSA) is 71.1 Å². The predicted molar refractivity (Wildman–Crippen MR) is 83.1 cm³/mol. The Bertz CT molecular complexity index is 608. The van der Waals surface area contributed by atoms with Crippen LogP contribution in [0.1, 0.15) is 29.8 Å². The van der Waals surface area contributed by atoms with E-state index in [4.69, 9.17) is 0 Å². The second kappa shape index (κ2) is 6.99. The second-order valence-corrected chi connectivity index (χ2v) is 5.72. The molecule has 2 N–H and O–H groups in total. The smallest absolute Gasteiger partial charge is 0.227 e. The highest BCUT2D eigenvalue weighted by Gasteiger charge is 2.18. The summed E-state index contributed by atoms with van der Waals surface area (Å²) in [6.07, 6.45) is 1.87. The second-order valence-electron chi connectivity index (χ2n) is 4.74. The van der Waals surface area contributed by atoms with Crippen LogP contribution in [0, 0.1) is 6.92 Å². The van der Waals surface area contributed by atoms with Crippen LogP contribution in [0.15, 0.2) is 35.8 Å². The number of anilines is 1. The molecule has 110 valence electrons. The first kappa shape index (κ1) is 15.2. The number of thiophene rings is 1. The third kappa shape index (κ3) is 4.68. The highest BCUT2D eigenvalue weighted by atomic mass is 32.1. The predicted octanol–water partition coefficient (Wildman–Crippen LogP) is 2.66. The van der Waals surface area contributed by atoms with Crippen LogP contribution < -0.4 is 10.6 Å². The molecule has 2 heterocycles. The van der Waals surface area contributed by atoms with Crippen molar-refractivity contribution in [3.8, 4) is 0 Å². The van der Waals surface area contributed by atoms with Crippen molar-refractivity contribution in [1.29, 1.82) is 0 Å². The molecule has 0 saturated heterocycles. The van der Waals surface area contributed by atoms with Crippen LogP contribution >= 0.6 is 11.3 Å². The number of aryl methyl sites for hydroxylation is 1. The van der Waals surface area contributed by atoms with Crippen LogP contribution in [-0.4, -0.2) is 16.8 Å². The van der Waals surface area contributed by atoms with Crippen LogP contribution in [0.4, 0.5) is 5.82 Å². The molecule has 6 heteroatoms. The lowest BCUT2D eigenvalue weighted by Crippen LogP contribution is -2.29. The van der Waals surface area contributed by atoms with Crippen LogP contribution in [0.25, 0.3) is 0 Å². The van der Waals surface area contributed by atoms with Gasteiger partial charge >= 0.3 is 0 Å². The van der Waals surface area contributed by atoms with Gasteiger partial charge in [0, 0.05) is 18.0 Å². The molecule has 0 aliphatic rings. The third-order valence-corrected chi connectivity index (χ3v) is 3.82. The summed E-state index contributed by atoms with van der Waals surface area (Å²) in [6, 6.07) is 7.13. The lowest BCUT2D eigenvalue weighted by atomic mass is 10.1. The molecular formula is C15H17N3O2S. The molecule has 0 aromatic carbocycles. The van der Waals surface area contributed by atoms with Crippen molar-refractivity contribution in [3.05, 3.63) is 46.3 Å². The molecule has 0 saturated carbocycles. The van der Waals surface area contributed by atoms with Crippen molar-refractivity contribution >= 4 is 29.0 Å². The van der Waals surface area contributed by atoms with Gasteiger partial charge in [-0.15, -0.1) is 11.3 Å². The summed E-state index contributed by atoms with van der Waals surface area (Å²) in [6.45, 7) is 3.38. The number of pyridine rings is 1. The molecule has 1 atom stereocenters. The van der Waals surface area contributed by atoms with Gasteiger partial charge in [0.2, 0.25) is 11.8 Å². The van der Waals surface area contributed by atoms with Gasteiger partial charge in [0.15, 0.2) is 0 Å². The molecule has 21 heavy (non-hydrogen) atoms. The molecule has 1 unspecified atom stereocenters. The fourth-order valence-electron chi connectivity index (χ4n) is 1.88. The van der Waals surface area contributed by atoms with Crippen LogP contribution in [0.5, 0.6) is 0 Å². The van der Waals surface area contributed by atoms with Crippen molar-refractivity contribution in [3.63, 3.8) is 0 Å². The average molecular weight is 303 g/mol. The number of nitrogens with zero attached hydrogens (tertiary/aromatic N) is 1. The van der Waals surface area contributed by atoms with Crippen molar-refractivity contribution in [2.45, 2.75) is 26.3 Å². The van der Waals surface area contributed by atoms with E-state index in [2.05, 4.69) is 15.6 Å². The Kier molecular flexibility index (Phi) is 5.05. The van der Waals surface area contributed by atoms with Crippen LogP contribution in [0.2, 0.25) is 0 Å². The standard InChI is InChI=1S/C15H17N3O2S/c1-10-5-6-14(16-9-10)18-15(20)8-12(17-11(2)19)13-4-3-7-21-13/h3-7,9,12H,8H2,1-2H3,(H,17,19)(H,16,18,20). The molecule has 2 amide bonds. The summed E-state index contributed by atoms with van der Waals surface area (Å²) in [7, 11) is 0. The number of aromatic nitrogens is 1. The average Bonchev–Trinajstić information content (AvgIpc) is 2.94. The SMILES string of the molecule is CC(=O)NC(CC(=O)Nc1ccc(C)cn1)c1cccs1. The van der Waals surface area contributed by atoms with Crippen LogP contribution in [-0.2, 0) is 9.59 Å². The number of hydrogen-bond acceptors (Lipinski definition) is 4. The normalized spacial score (nSPS) is 11.7. The molecule has 0 aliphatic heterocycles. The van der Waals surface area contributed by atoms with Gasteiger partial charge in [-0.2, -0.15) is 0 Å². The van der Waals surface area contributed by atoms with Gasteiger partial charge in [-0.1, -0.05) is 12.1 Å². The van der Waals surface area contributed by atoms with Crippen molar-refractivity contribution in [1.82, 2.24) is 10.3 Å². The van der Waals surface area contributed by atoms with Crippen molar-refractivity contribution in [2.75, 3.05) is 5.32 Å². The lowest BCUT2D eigenvalue weighted by molar-refractivity contribution is -0.120. The minimum absolute atomic E-state index is 0.158. The molecule has 0 fully saturated rings. The van der Waals surface area contributed by atoms with Crippen molar-refractivity contribution in [2.24, 2.45) is 0 Å². The third-order valence-electron chi connectivity index (χ3n) is 2.83. The minimum atomic E-state index is -0.312. The Morgan fingerprint density at radius 3 is 2.71 bits per heavy atom. The zero-order chi connectivity index (χ0) is 15.2. The van der Waals surface area contributed by atoms with E-state index in [1.54, 1.807) is 12.3 Å². The van der Waals surface area contributed by atoms with Gasteiger partial charge in [-0.3, -0.25) is 9.59 Å². The summed E-state index contributed by atoms with van der Waals surface area (Å²) < 4.78 is 0. The van der Waals surface area contributed by atoms with Gasteiger partial charge in [-0.25, -0.2) is 4.98 Å². The zero-order valence-corrected chi connectivity index (χ0v) is 12.7. The lowest BCUT2D eigenvalue weighted by Gasteiger charge is -2.16. The first-order chi connectivity index (χ1) is 10.0. The first-order valence-corrected chi connectivity index (χ1v) is 7.45. The summed E-state index contributed by atoms with van der Waals surface area (Å²) in [5, 5.41) is 7.46. The highest BCUT2D eigenvalue weighted by Crippen LogP contribution is 2.22. The van der Waals surface area contributed by atoms with Gasteiger partial charge in [-0.05, 0) is 30.0 Å². The summed E-state index contributed by atoms with van der Waals surface area (Å²) in [5.41, 5.74) is 1.03. The van der Waals surface area contributed by atoms with E-state index in [-0.39, 0.29) is 24.3 Å². The van der Waals surface area contributed by atoms with Gasteiger partial charge in [0.25, 0.3) is 0 Å². The summed E-state index contributed by atoms with van der Waals surface area (Å²) in [5.74, 6) is 0.173. The largest absolute Gasteiger partial charge is 0.348 e. The molecule has 0 aliphatic carbocycles. The molecule has 0 bridgehead atoms. The molecule has 2 aromatic heterocycles. The minimum Gasteiger partial charge on any atom is -0.348 e. The quantitative estimate of drug-likeness (QED) is 0.892.